The van der Waals surface area contributed by atoms with Gasteiger partial charge in [0.15, 0.2) is 0 Å². The van der Waals surface area contributed by atoms with E-state index in [4.69, 9.17) is 0 Å². The van der Waals surface area contributed by atoms with Crippen molar-refractivity contribution in [3.63, 3.8) is 0 Å². The molecule has 0 heterocycles. The van der Waals surface area contributed by atoms with Crippen LogP contribution in [0.1, 0.15) is 25.3 Å². The van der Waals surface area contributed by atoms with E-state index in [2.05, 4.69) is 6.92 Å². The van der Waals surface area contributed by atoms with Crippen molar-refractivity contribution in [2.24, 2.45) is 0 Å². The van der Waals surface area contributed by atoms with E-state index in [1.807, 2.05) is 31.2 Å². The average molecular weight is 296 g/mol. The molecule has 0 saturated heterocycles. The first-order valence-corrected chi connectivity index (χ1v) is 8.95. The van der Waals surface area contributed by atoms with Crippen LogP contribution in [0.2, 0.25) is 0 Å². The highest BCUT2D eigenvalue weighted by Crippen LogP contribution is 2.27. The van der Waals surface area contributed by atoms with Gasteiger partial charge in [-0.3, -0.25) is 0 Å². The summed E-state index contributed by atoms with van der Waals surface area (Å²) in [7, 11) is -3.38. The Labute approximate surface area is 120 Å². The van der Waals surface area contributed by atoms with Gasteiger partial charge >= 0.3 is 0 Å². The predicted molar refractivity (Wildman–Crippen MR) is 84.0 cm³/mol. The highest BCUT2D eigenvalue weighted by molar-refractivity contribution is 8.18. The van der Waals surface area contributed by atoms with E-state index >= 15 is 0 Å². The Morgan fingerprint density at radius 2 is 1.89 bits per heavy atom. The van der Waals surface area contributed by atoms with Crippen LogP contribution in [0.25, 0.3) is 0 Å². The molecule has 0 saturated carbocycles. The molecule has 0 atom stereocenters. The monoisotopic (exact) mass is 296 g/mol. The summed E-state index contributed by atoms with van der Waals surface area (Å²) in [6.45, 7) is 4.03. The van der Waals surface area contributed by atoms with E-state index in [1.54, 1.807) is 24.5 Å². The van der Waals surface area contributed by atoms with Crippen molar-refractivity contribution in [1.29, 1.82) is 0 Å². The third kappa shape index (κ3) is 4.55. The number of rotatable bonds is 6. The van der Waals surface area contributed by atoms with Crippen LogP contribution in [-0.2, 0) is 9.84 Å². The Kier molecular flexibility index (Phi) is 6.38. The lowest BCUT2D eigenvalue weighted by molar-refractivity contribution is 0.604. The molecule has 0 aliphatic heterocycles. The third-order valence-corrected chi connectivity index (χ3v) is 5.88. The van der Waals surface area contributed by atoms with Crippen LogP contribution in [0.15, 0.2) is 51.6 Å². The fraction of sp³-hybridized carbons (Fsp3) is 0.333. The molecule has 0 N–H and O–H groups in total. The largest absolute Gasteiger partial charge is 0.218 e. The molecular weight excluding hydrogens is 276 g/mol. The zero-order valence-corrected chi connectivity index (χ0v) is 13.2. The number of unbranched alkanes of at least 4 members (excludes halogenated alkanes) is 1. The minimum absolute atomic E-state index is 0.350. The topological polar surface area (TPSA) is 34.1 Å². The number of hydrogen-bond donors (Lipinski definition) is 0. The lowest BCUT2D eigenvalue weighted by Gasteiger charge is -2.06. The molecule has 0 amide bonds. The minimum Gasteiger partial charge on any atom is -0.218 e. The molecule has 1 aromatic carbocycles. The summed E-state index contributed by atoms with van der Waals surface area (Å²) < 4.78 is 25.2. The molecule has 0 unspecified atom stereocenters. The Morgan fingerprint density at radius 3 is 2.42 bits per heavy atom. The Bertz CT molecular complexity index is 552. The first-order chi connectivity index (χ1) is 9.02. The van der Waals surface area contributed by atoms with Gasteiger partial charge < -0.3 is 0 Å². The zero-order valence-electron chi connectivity index (χ0n) is 11.6. The van der Waals surface area contributed by atoms with Crippen LogP contribution in [-0.4, -0.2) is 14.7 Å². The van der Waals surface area contributed by atoms with Gasteiger partial charge in [0.2, 0.25) is 9.84 Å². The fourth-order valence-corrected chi connectivity index (χ4v) is 3.88. The Hall–Kier alpha value is -1.00. The second-order valence-electron chi connectivity index (χ2n) is 4.22. The number of aryl methyl sites for hydroxylation is 1. The molecule has 1 rings (SSSR count). The van der Waals surface area contributed by atoms with Gasteiger partial charge in [0, 0.05) is 0 Å². The quantitative estimate of drug-likeness (QED) is 0.733. The second kappa shape index (κ2) is 7.56. The second-order valence-corrected chi connectivity index (χ2v) is 7.25. The highest BCUT2D eigenvalue weighted by Gasteiger charge is 2.19. The van der Waals surface area contributed by atoms with E-state index in [-0.39, 0.29) is 0 Å². The smallest absolute Gasteiger partial charge is 0.212 e. The summed E-state index contributed by atoms with van der Waals surface area (Å²) in [4.78, 5) is 0.350. The minimum atomic E-state index is -3.38. The summed E-state index contributed by atoms with van der Waals surface area (Å²) in [5.74, 6) is 0. The van der Waals surface area contributed by atoms with Crippen molar-refractivity contribution < 1.29 is 8.42 Å². The van der Waals surface area contributed by atoms with Crippen LogP contribution in [0, 0.1) is 6.92 Å². The number of hydrogen-bond acceptors (Lipinski definition) is 3. The number of thioether (sulfide) groups is 1. The first kappa shape index (κ1) is 16.1. The first-order valence-electron chi connectivity index (χ1n) is 6.25. The summed E-state index contributed by atoms with van der Waals surface area (Å²) in [6, 6.07) is 6.95. The SMILES string of the molecule is CCC/C=C/C=C(\SC)S(=O)(=O)c1ccc(C)cc1. The summed E-state index contributed by atoms with van der Waals surface area (Å²) in [5, 5.41) is 0. The van der Waals surface area contributed by atoms with E-state index in [0.29, 0.717) is 9.13 Å². The van der Waals surface area contributed by atoms with Gasteiger partial charge in [-0.25, -0.2) is 8.42 Å². The number of benzene rings is 1. The van der Waals surface area contributed by atoms with Crippen molar-refractivity contribution in [2.75, 3.05) is 6.26 Å². The summed E-state index contributed by atoms with van der Waals surface area (Å²) >= 11 is 1.26. The van der Waals surface area contributed by atoms with E-state index in [1.165, 1.54) is 11.8 Å². The van der Waals surface area contributed by atoms with Crippen molar-refractivity contribution in [3.05, 3.63) is 52.3 Å². The standard InChI is InChI=1S/C15H20O2S2/c1-4-5-6-7-8-15(18-3)19(16,17)14-11-9-13(2)10-12-14/h6-12H,4-5H2,1-3H3/b7-6+,15-8+. The van der Waals surface area contributed by atoms with Crippen molar-refractivity contribution in [2.45, 2.75) is 31.6 Å². The number of sulfone groups is 1. The van der Waals surface area contributed by atoms with Gasteiger partial charge in [0.05, 0.1) is 4.90 Å². The molecule has 19 heavy (non-hydrogen) atoms. The van der Waals surface area contributed by atoms with Crippen LogP contribution in [0.5, 0.6) is 0 Å². The van der Waals surface area contributed by atoms with Gasteiger partial charge in [-0.1, -0.05) is 43.2 Å². The average Bonchev–Trinajstić information content (AvgIpc) is 2.39. The molecule has 0 aromatic heterocycles. The molecule has 2 nitrogen and oxygen atoms in total. The van der Waals surface area contributed by atoms with Crippen molar-refractivity contribution in [3.8, 4) is 0 Å². The predicted octanol–water partition coefficient (Wildman–Crippen LogP) is 4.33. The highest BCUT2D eigenvalue weighted by atomic mass is 32.3. The molecule has 0 bridgehead atoms. The maximum Gasteiger partial charge on any atom is 0.212 e. The van der Waals surface area contributed by atoms with E-state index in [9.17, 15) is 8.42 Å². The molecule has 104 valence electrons. The van der Waals surface area contributed by atoms with Crippen LogP contribution >= 0.6 is 11.8 Å². The number of allylic oxidation sites excluding steroid dienone is 3. The van der Waals surface area contributed by atoms with E-state index in [0.717, 1.165) is 18.4 Å². The molecule has 1 aromatic rings. The summed E-state index contributed by atoms with van der Waals surface area (Å²) in [6.07, 6.45) is 9.29. The van der Waals surface area contributed by atoms with Gasteiger partial charge in [0.25, 0.3) is 0 Å². The van der Waals surface area contributed by atoms with Gasteiger partial charge in [0.1, 0.15) is 4.24 Å². The zero-order chi connectivity index (χ0) is 14.3. The Balaban J connectivity index is 3.05. The van der Waals surface area contributed by atoms with Crippen molar-refractivity contribution in [1.82, 2.24) is 0 Å². The molecule has 0 fully saturated rings. The Morgan fingerprint density at radius 1 is 1.26 bits per heavy atom. The van der Waals surface area contributed by atoms with E-state index < -0.39 is 9.84 Å². The maximum atomic E-state index is 12.4. The maximum absolute atomic E-state index is 12.4. The van der Waals surface area contributed by atoms with Crippen LogP contribution in [0.4, 0.5) is 0 Å². The normalized spacial score (nSPS) is 13.1. The van der Waals surface area contributed by atoms with Crippen LogP contribution in [0.3, 0.4) is 0 Å². The molecule has 0 aliphatic rings. The third-order valence-electron chi connectivity index (χ3n) is 2.62. The molecule has 0 radical (unpaired) electrons. The fourth-order valence-electron chi connectivity index (χ4n) is 1.51. The molecule has 4 heteroatoms. The van der Waals surface area contributed by atoms with Crippen LogP contribution < -0.4 is 0 Å². The lowest BCUT2D eigenvalue weighted by Crippen LogP contribution is -2.02. The van der Waals surface area contributed by atoms with Gasteiger partial charge in [-0.2, -0.15) is 0 Å². The van der Waals surface area contributed by atoms with Gasteiger partial charge in [-0.15, -0.1) is 11.8 Å². The molecular formula is C15H20O2S2. The lowest BCUT2D eigenvalue weighted by atomic mass is 10.2. The molecule has 0 spiro atoms. The summed E-state index contributed by atoms with van der Waals surface area (Å²) in [5.41, 5.74) is 1.05. The van der Waals surface area contributed by atoms with Gasteiger partial charge in [-0.05, 0) is 37.8 Å². The van der Waals surface area contributed by atoms with Crippen molar-refractivity contribution >= 4 is 21.6 Å². The molecule has 0 aliphatic carbocycles.